The first-order chi connectivity index (χ1) is 16.4. The van der Waals surface area contributed by atoms with Gasteiger partial charge in [0.25, 0.3) is 5.91 Å². The van der Waals surface area contributed by atoms with Gasteiger partial charge < -0.3 is 15.5 Å². The Bertz CT molecular complexity index is 939. The van der Waals surface area contributed by atoms with Crippen LogP contribution in [0, 0.1) is 11.7 Å². The molecule has 1 saturated carbocycles. The molecular weight excluding hydrogens is 439 g/mol. The Morgan fingerprint density at radius 2 is 1.82 bits per heavy atom. The van der Waals surface area contributed by atoms with Crippen LogP contribution < -0.4 is 10.6 Å². The van der Waals surface area contributed by atoms with Crippen molar-refractivity contribution in [3.05, 3.63) is 35.6 Å². The Hall–Kier alpha value is -2.97. The lowest BCUT2D eigenvalue weighted by molar-refractivity contribution is -0.136. The number of likely N-dealkylation sites (tertiary alicyclic amines) is 1. The van der Waals surface area contributed by atoms with E-state index in [-0.39, 0.29) is 48.5 Å². The summed E-state index contributed by atoms with van der Waals surface area (Å²) >= 11 is 0. The smallest absolute Gasteiger partial charge is 0.325 e. The number of benzene rings is 1. The number of amides is 5. The van der Waals surface area contributed by atoms with E-state index in [4.69, 9.17) is 0 Å². The average Bonchev–Trinajstić information content (AvgIpc) is 3.40. The van der Waals surface area contributed by atoms with Crippen LogP contribution >= 0.6 is 0 Å². The Balaban J connectivity index is 1.14. The Morgan fingerprint density at radius 3 is 2.53 bits per heavy atom. The zero-order valence-corrected chi connectivity index (χ0v) is 19.5. The molecule has 34 heavy (non-hydrogen) atoms. The second-order valence-electron chi connectivity index (χ2n) is 9.57. The molecule has 2 heterocycles. The lowest BCUT2D eigenvalue weighted by atomic mass is 9.95. The van der Waals surface area contributed by atoms with Gasteiger partial charge in [0.1, 0.15) is 11.4 Å². The second kappa shape index (κ2) is 10.5. The maximum atomic E-state index is 13.7. The molecule has 4 rings (SSSR count). The van der Waals surface area contributed by atoms with Crippen LogP contribution in [-0.2, 0) is 20.8 Å². The Labute approximate surface area is 199 Å². The molecule has 3 aliphatic rings. The summed E-state index contributed by atoms with van der Waals surface area (Å²) in [6, 6.07) is 6.19. The van der Waals surface area contributed by atoms with E-state index in [1.807, 2.05) is 0 Å². The maximum absolute atomic E-state index is 13.7. The number of hydrogen-bond acceptors (Lipinski definition) is 4. The largest absolute Gasteiger partial charge is 0.356 e. The lowest BCUT2D eigenvalue weighted by Crippen LogP contribution is -2.44. The molecule has 5 amide bonds. The van der Waals surface area contributed by atoms with Crippen molar-refractivity contribution in [2.75, 3.05) is 26.2 Å². The maximum Gasteiger partial charge on any atom is 0.325 e. The SMILES string of the molecule is O=C(NCCc1ccccc1F)C1CCN(C(=O)CCCN2C(=O)NC3(CCCC3)C2=O)CC1. The van der Waals surface area contributed by atoms with Crippen LogP contribution in [0.5, 0.6) is 0 Å². The highest BCUT2D eigenvalue weighted by atomic mass is 19.1. The summed E-state index contributed by atoms with van der Waals surface area (Å²) in [5.41, 5.74) is -0.131. The summed E-state index contributed by atoms with van der Waals surface area (Å²) < 4.78 is 13.7. The van der Waals surface area contributed by atoms with E-state index < -0.39 is 5.54 Å². The topological polar surface area (TPSA) is 98.8 Å². The van der Waals surface area contributed by atoms with Crippen molar-refractivity contribution in [1.82, 2.24) is 20.4 Å². The number of carbonyl (C=O) groups excluding carboxylic acids is 4. The summed E-state index contributed by atoms with van der Waals surface area (Å²) in [4.78, 5) is 53.0. The molecule has 1 spiro atoms. The summed E-state index contributed by atoms with van der Waals surface area (Å²) in [5.74, 6) is -0.636. The highest BCUT2D eigenvalue weighted by molar-refractivity contribution is 6.07. The van der Waals surface area contributed by atoms with Gasteiger partial charge >= 0.3 is 6.03 Å². The first-order valence-corrected chi connectivity index (χ1v) is 12.3. The molecule has 0 bridgehead atoms. The van der Waals surface area contributed by atoms with Crippen molar-refractivity contribution in [3.8, 4) is 0 Å². The fourth-order valence-electron chi connectivity index (χ4n) is 5.30. The molecule has 0 atom stereocenters. The van der Waals surface area contributed by atoms with Crippen molar-refractivity contribution in [1.29, 1.82) is 0 Å². The molecule has 9 heteroatoms. The summed E-state index contributed by atoms with van der Waals surface area (Å²) in [5, 5.41) is 5.74. The second-order valence-corrected chi connectivity index (χ2v) is 9.57. The number of nitrogens with one attached hydrogen (secondary N) is 2. The number of carbonyl (C=O) groups is 4. The third-order valence-corrected chi connectivity index (χ3v) is 7.35. The predicted octanol–water partition coefficient (Wildman–Crippen LogP) is 2.37. The first kappa shape index (κ1) is 24.2. The van der Waals surface area contributed by atoms with Gasteiger partial charge in [-0.15, -0.1) is 0 Å². The van der Waals surface area contributed by atoms with Crippen LogP contribution in [0.2, 0.25) is 0 Å². The van der Waals surface area contributed by atoms with E-state index in [9.17, 15) is 23.6 Å². The zero-order valence-electron chi connectivity index (χ0n) is 19.5. The number of urea groups is 1. The molecule has 2 aliphatic heterocycles. The average molecular weight is 473 g/mol. The molecule has 1 aromatic carbocycles. The molecule has 3 fully saturated rings. The fourth-order valence-corrected chi connectivity index (χ4v) is 5.30. The van der Waals surface area contributed by atoms with Crippen LogP contribution in [-0.4, -0.2) is 65.3 Å². The number of piperidine rings is 1. The normalized spacial score (nSPS) is 20.1. The fraction of sp³-hybridized carbons (Fsp3) is 0.600. The van der Waals surface area contributed by atoms with Gasteiger partial charge in [-0.3, -0.25) is 19.3 Å². The van der Waals surface area contributed by atoms with Gasteiger partial charge in [0.05, 0.1) is 0 Å². The number of nitrogens with zero attached hydrogens (tertiary/aromatic N) is 2. The first-order valence-electron chi connectivity index (χ1n) is 12.3. The van der Waals surface area contributed by atoms with Crippen LogP contribution in [0.25, 0.3) is 0 Å². The molecule has 0 aromatic heterocycles. The van der Waals surface area contributed by atoms with E-state index >= 15 is 0 Å². The van der Waals surface area contributed by atoms with E-state index in [1.54, 1.807) is 23.1 Å². The molecule has 2 saturated heterocycles. The van der Waals surface area contributed by atoms with E-state index in [0.29, 0.717) is 63.7 Å². The van der Waals surface area contributed by atoms with E-state index in [1.165, 1.54) is 11.0 Å². The zero-order chi connectivity index (χ0) is 24.1. The van der Waals surface area contributed by atoms with Crippen molar-refractivity contribution in [3.63, 3.8) is 0 Å². The standard InChI is InChI=1S/C25H33FN4O4/c26-20-7-2-1-6-18(20)9-14-27-22(32)19-10-16-29(17-11-19)21(31)8-5-15-30-23(33)25(28-24(30)34)12-3-4-13-25/h1-2,6-7,19H,3-5,8-17H2,(H,27,32)(H,28,34). The minimum Gasteiger partial charge on any atom is -0.356 e. The third-order valence-electron chi connectivity index (χ3n) is 7.35. The van der Waals surface area contributed by atoms with Crippen LogP contribution in [0.3, 0.4) is 0 Å². The van der Waals surface area contributed by atoms with Gasteiger partial charge in [0, 0.05) is 38.5 Å². The molecular formula is C25H33FN4O4. The highest BCUT2D eigenvalue weighted by Crippen LogP contribution is 2.35. The van der Waals surface area contributed by atoms with Gasteiger partial charge in [-0.1, -0.05) is 31.0 Å². The quantitative estimate of drug-likeness (QED) is 0.568. The van der Waals surface area contributed by atoms with Crippen molar-refractivity contribution < 1.29 is 23.6 Å². The van der Waals surface area contributed by atoms with Gasteiger partial charge in [-0.25, -0.2) is 9.18 Å². The highest BCUT2D eigenvalue weighted by Gasteiger charge is 2.52. The van der Waals surface area contributed by atoms with Crippen LogP contribution in [0.1, 0.15) is 56.9 Å². The minimum atomic E-state index is -0.710. The molecule has 1 aliphatic carbocycles. The van der Waals surface area contributed by atoms with Gasteiger partial charge in [-0.2, -0.15) is 0 Å². The molecule has 0 radical (unpaired) electrons. The number of imide groups is 1. The van der Waals surface area contributed by atoms with Gasteiger partial charge in [0.15, 0.2) is 0 Å². The van der Waals surface area contributed by atoms with E-state index in [0.717, 1.165) is 12.8 Å². The monoisotopic (exact) mass is 472 g/mol. The molecule has 1 aromatic rings. The van der Waals surface area contributed by atoms with Crippen molar-refractivity contribution >= 4 is 23.8 Å². The van der Waals surface area contributed by atoms with Crippen LogP contribution in [0.15, 0.2) is 24.3 Å². The number of halogens is 1. The van der Waals surface area contributed by atoms with E-state index in [2.05, 4.69) is 10.6 Å². The van der Waals surface area contributed by atoms with Crippen LogP contribution in [0.4, 0.5) is 9.18 Å². The molecule has 0 unspecified atom stereocenters. The number of hydrogen-bond donors (Lipinski definition) is 2. The van der Waals surface area contributed by atoms with Crippen molar-refractivity contribution in [2.24, 2.45) is 5.92 Å². The van der Waals surface area contributed by atoms with Gasteiger partial charge in [-0.05, 0) is 50.2 Å². The molecule has 8 nitrogen and oxygen atoms in total. The lowest BCUT2D eigenvalue weighted by Gasteiger charge is -2.31. The third kappa shape index (κ3) is 5.23. The molecule has 184 valence electrons. The minimum absolute atomic E-state index is 0.0129. The van der Waals surface area contributed by atoms with Gasteiger partial charge in [0.2, 0.25) is 11.8 Å². The summed E-state index contributed by atoms with van der Waals surface area (Å²) in [6.07, 6.45) is 5.59. The Kier molecular flexibility index (Phi) is 7.48. The summed E-state index contributed by atoms with van der Waals surface area (Å²) in [7, 11) is 0. The van der Waals surface area contributed by atoms with Crippen molar-refractivity contribution in [2.45, 2.75) is 63.3 Å². The molecule has 2 N–H and O–H groups in total. The predicted molar refractivity (Wildman–Crippen MR) is 123 cm³/mol. The summed E-state index contributed by atoms with van der Waals surface area (Å²) in [6.45, 7) is 1.65. The Morgan fingerprint density at radius 1 is 1.12 bits per heavy atom. The number of rotatable bonds is 8.